The minimum Gasteiger partial charge on any atom is -0.369 e. The summed E-state index contributed by atoms with van der Waals surface area (Å²) in [6.07, 6.45) is 0. The Labute approximate surface area is 78.5 Å². The molecule has 0 spiro atoms. The van der Waals surface area contributed by atoms with Crippen LogP contribution in [0.25, 0.3) is 0 Å². The molecule has 14 heavy (non-hydrogen) atoms. The number of hydrogen-bond acceptors (Lipinski definition) is 1. The van der Waals surface area contributed by atoms with E-state index in [2.05, 4.69) is 0 Å². The van der Waals surface area contributed by atoms with E-state index in [9.17, 15) is 18.0 Å². The van der Waals surface area contributed by atoms with Crippen molar-refractivity contribution in [3.05, 3.63) is 35.1 Å². The van der Waals surface area contributed by atoms with Gasteiger partial charge in [-0.3, -0.25) is 4.79 Å². The first kappa shape index (κ1) is 10.6. The second-order valence-electron chi connectivity index (χ2n) is 2.91. The van der Waals surface area contributed by atoms with Crippen molar-refractivity contribution in [1.82, 2.24) is 0 Å². The number of rotatable bonds is 2. The van der Waals surface area contributed by atoms with Gasteiger partial charge < -0.3 is 5.73 Å². The topological polar surface area (TPSA) is 43.1 Å². The lowest BCUT2D eigenvalue weighted by atomic mass is 10.00. The first-order valence-electron chi connectivity index (χ1n) is 3.87. The smallest absolute Gasteiger partial charge is 0.224 e. The molecule has 0 aliphatic carbocycles. The lowest BCUT2D eigenvalue weighted by molar-refractivity contribution is -0.119. The van der Waals surface area contributed by atoms with Crippen molar-refractivity contribution >= 4 is 5.91 Å². The lowest BCUT2D eigenvalue weighted by Gasteiger charge is -2.09. The molecule has 2 N–H and O–H groups in total. The Morgan fingerprint density at radius 1 is 1.36 bits per heavy atom. The first-order chi connectivity index (χ1) is 6.43. The standard InChI is InChI=1S/C9H8F3NO/c1-4(9(13)14)6-2-5(10)3-7(11)8(6)12/h2-4H,1H3,(H2,13,14). The van der Waals surface area contributed by atoms with E-state index in [0.29, 0.717) is 6.07 Å². The molecule has 0 fully saturated rings. The molecule has 0 heterocycles. The van der Waals surface area contributed by atoms with Gasteiger partial charge in [0.15, 0.2) is 11.6 Å². The maximum absolute atomic E-state index is 13.0. The highest BCUT2D eigenvalue weighted by Crippen LogP contribution is 2.22. The summed E-state index contributed by atoms with van der Waals surface area (Å²) in [7, 11) is 0. The number of nitrogens with two attached hydrogens (primary N) is 1. The third-order valence-corrected chi connectivity index (χ3v) is 1.91. The number of carbonyl (C=O) groups excluding carboxylic acids is 1. The highest BCUT2D eigenvalue weighted by molar-refractivity contribution is 5.81. The maximum Gasteiger partial charge on any atom is 0.224 e. The average molecular weight is 203 g/mol. The van der Waals surface area contributed by atoms with Crippen LogP contribution >= 0.6 is 0 Å². The van der Waals surface area contributed by atoms with Crippen molar-refractivity contribution in [1.29, 1.82) is 0 Å². The molecule has 0 saturated heterocycles. The predicted octanol–water partition coefficient (Wildman–Crippen LogP) is 1.69. The van der Waals surface area contributed by atoms with Crippen LogP contribution in [0, 0.1) is 17.5 Å². The molecule has 1 atom stereocenters. The fourth-order valence-electron chi connectivity index (χ4n) is 1.04. The summed E-state index contributed by atoms with van der Waals surface area (Å²) in [6, 6.07) is 1.17. The van der Waals surface area contributed by atoms with Crippen LogP contribution in [0.5, 0.6) is 0 Å². The second kappa shape index (κ2) is 3.69. The Morgan fingerprint density at radius 3 is 2.43 bits per heavy atom. The summed E-state index contributed by atoms with van der Waals surface area (Å²) in [5.41, 5.74) is 4.52. The van der Waals surface area contributed by atoms with Crippen molar-refractivity contribution in [3.8, 4) is 0 Å². The van der Waals surface area contributed by atoms with Gasteiger partial charge in [0, 0.05) is 11.6 Å². The number of benzene rings is 1. The molecule has 0 radical (unpaired) electrons. The molecule has 2 nitrogen and oxygen atoms in total. The van der Waals surface area contributed by atoms with E-state index >= 15 is 0 Å². The van der Waals surface area contributed by atoms with E-state index in [1.54, 1.807) is 0 Å². The van der Waals surface area contributed by atoms with Crippen LogP contribution in [-0.2, 0) is 4.79 Å². The molecular weight excluding hydrogens is 195 g/mol. The Hall–Kier alpha value is -1.52. The first-order valence-corrected chi connectivity index (χ1v) is 3.87. The van der Waals surface area contributed by atoms with Crippen LogP contribution in [0.3, 0.4) is 0 Å². The Balaban J connectivity index is 3.26. The van der Waals surface area contributed by atoms with Gasteiger partial charge in [-0.2, -0.15) is 0 Å². The van der Waals surface area contributed by atoms with Crippen LogP contribution in [0.15, 0.2) is 12.1 Å². The van der Waals surface area contributed by atoms with Gasteiger partial charge in [0.1, 0.15) is 5.82 Å². The highest BCUT2D eigenvalue weighted by Gasteiger charge is 2.20. The van der Waals surface area contributed by atoms with Gasteiger partial charge >= 0.3 is 0 Å². The number of carbonyl (C=O) groups is 1. The fourth-order valence-corrected chi connectivity index (χ4v) is 1.04. The van der Waals surface area contributed by atoms with Crippen LogP contribution in [0.4, 0.5) is 13.2 Å². The maximum atomic E-state index is 13.0. The zero-order chi connectivity index (χ0) is 10.9. The van der Waals surface area contributed by atoms with Gasteiger partial charge in [-0.25, -0.2) is 13.2 Å². The average Bonchev–Trinajstić information content (AvgIpc) is 2.09. The van der Waals surface area contributed by atoms with Crippen LogP contribution in [0.2, 0.25) is 0 Å². The van der Waals surface area contributed by atoms with Crippen molar-refractivity contribution in [2.24, 2.45) is 5.73 Å². The van der Waals surface area contributed by atoms with Crippen molar-refractivity contribution < 1.29 is 18.0 Å². The van der Waals surface area contributed by atoms with E-state index in [4.69, 9.17) is 5.73 Å². The van der Waals surface area contributed by atoms with Gasteiger partial charge in [0.25, 0.3) is 0 Å². The molecular formula is C9H8F3NO. The van der Waals surface area contributed by atoms with E-state index in [1.807, 2.05) is 0 Å². The fraction of sp³-hybridized carbons (Fsp3) is 0.222. The number of hydrogen-bond donors (Lipinski definition) is 1. The Kier molecular flexibility index (Phi) is 2.78. The number of primary amides is 1. The molecule has 0 aliphatic rings. The lowest BCUT2D eigenvalue weighted by Crippen LogP contribution is -2.20. The molecule has 1 aromatic carbocycles. The minimum absolute atomic E-state index is 0.366. The highest BCUT2D eigenvalue weighted by atomic mass is 19.2. The number of halogens is 3. The van der Waals surface area contributed by atoms with E-state index < -0.39 is 29.3 Å². The second-order valence-corrected chi connectivity index (χ2v) is 2.91. The Bertz CT molecular complexity index is 379. The largest absolute Gasteiger partial charge is 0.369 e. The predicted molar refractivity (Wildman–Crippen MR) is 43.9 cm³/mol. The monoisotopic (exact) mass is 203 g/mol. The normalized spacial score (nSPS) is 12.6. The summed E-state index contributed by atoms with van der Waals surface area (Å²) in [6.45, 7) is 1.28. The zero-order valence-corrected chi connectivity index (χ0v) is 7.35. The molecule has 1 rings (SSSR count). The molecule has 5 heteroatoms. The molecule has 0 aromatic heterocycles. The molecule has 0 aliphatic heterocycles. The summed E-state index contributed by atoms with van der Waals surface area (Å²) >= 11 is 0. The third kappa shape index (κ3) is 1.86. The van der Waals surface area contributed by atoms with Gasteiger partial charge in [-0.1, -0.05) is 0 Å². The van der Waals surface area contributed by atoms with E-state index in [1.165, 1.54) is 6.92 Å². The van der Waals surface area contributed by atoms with Gasteiger partial charge in [-0.15, -0.1) is 0 Å². The summed E-state index contributed by atoms with van der Waals surface area (Å²) in [4.78, 5) is 10.7. The van der Waals surface area contributed by atoms with Crippen molar-refractivity contribution in [2.45, 2.75) is 12.8 Å². The zero-order valence-electron chi connectivity index (χ0n) is 7.35. The van der Waals surface area contributed by atoms with Gasteiger partial charge in [0.2, 0.25) is 5.91 Å². The molecule has 0 bridgehead atoms. The Morgan fingerprint density at radius 2 is 1.93 bits per heavy atom. The number of amides is 1. The van der Waals surface area contributed by atoms with Crippen LogP contribution in [0.1, 0.15) is 18.4 Å². The van der Waals surface area contributed by atoms with Gasteiger partial charge in [-0.05, 0) is 13.0 Å². The molecule has 76 valence electrons. The van der Waals surface area contributed by atoms with Crippen molar-refractivity contribution in [3.63, 3.8) is 0 Å². The molecule has 1 aromatic rings. The van der Waals surface area contributed by atoms with Crippen LogP contribution < -0.4 is 5.73 Å². The van der Waals surface area contributed by atoms with Crippen molar-refractivity contribution in [2.75, 3.05) is 0 Å². The summed E-state index contributed by atoms with van der Waals surface area (Å²) in [5, 5.41) is 0. The SMILES string of the molecule is CC(C(N)=O)c1cc(F)cc(F)c1F. The molecule has 1 amide bonds. The van der Waals surface area contributed by atoms with Gasteiger partial charge in [0.05, 0.1) is 5.92 Å². The third-order valence-electron chi connectivity index (χ3n) is 1.91. The minimum atomic E-state index is -1.33. The quantitative estimate of drug-likeness (QED) is 0.730. The summed E-state index contributed by atoms with van der Waals surface area (Å²) < 4.78 is 38.4. The van der Waals surface area contributed by atoms with Crippen LogP contribution in [-0.4, -0.2) is 5.91 Å². The molecule has 0 saturated carbocycles. The van der Waals surface area contributed by atoms with E-state index in [-0.39, 0.29) is 5.56 Å². The van der Waals surface area contributed by atoms with E-state index in [0.717, 1.165) is 6.07 Å². The molecule has 1 unspecified atom stereocenters. The summed E-state index contributed by atoms with van der Waals surface area (Å²) in [5.74, 6) is -5.40.